The summed E-state index contributed by atoms with van der Waals surface area (Å²) in [5.41, 5.74) is 2.60. The molecule has 0 unspecified atom stereocenters. The van der Waals surface area contributed by atoms with E-state index in [2.05, 4.69) is 72.6 Å². The van der Waals surface area contributed by atoms with Crippen molar-refractivity contribution < 1.29 is 4.74 Å². The van der Waals surface area contributed by atoms with Gasteiger partial charge in [-0.25, -0.2) is 0 Å². The Morgan fingerprint density at radius 3 is 2.30 bits per heavy atom. The molecule has 20 heavy (non-hydrogen) atoms. The number of likely N-dealkylation sites (tertiary alicyclic amines) is 1. The van der Waals surface area contributed by atoms with Gasteiger partial charge in [-0.15, -0.1) is 0 Å². The van der Waals surface area contributed by atoms with Crippen molar-refractivity contribution in [3.05, 3.63) is 71.8 Å². The van der Waals surface area contributed by atoms with Crippen LogP contribution in [0, 0.1) is 0 Å². The molecular weight excluding hydrogens is 246 g/mol. The van der Waals surface area contributed by atoms with Crippen LogP contribution in [0.2, 0.25) is 0 Å². The average molecular weight is 265 g/mol. The standard InChI is InChI=1S/C18H19NO/c1-19-12-16(14-8-4-2-5-9-14)18(17(13-19)20-18)15-10-6-3-7-11-15/h2-11,16-17H,12-13H2,1H3/t16-,17+,18+/m0/s1. The van der Waals surface area contributed by atoms with E-state index in [1.165, 1.54) is 11.1 Å². The van der Waals surface area contributed by atoms with Gasteiger partial charge in [0.2, 0.25) is 0 Å². The van der Waals surface area contributed by atoms with Gasteiger partial charge in [-0.1, -0.05) is 60.7 Å². The van der Waals surface area contributed by atoms with E-state index in [4.69, 9.17) is 4.74 Å². The molecule has 0 aromatic heterocycles. The number of fused-ring (bicyclic) bond motifs is 1. The smallest absolute Gasteiger partial charge is 0.129 e. The number of benzene rings is 2. The first-order valence-corrected chi connectivity index (χ1v) is 7.27. The molecule has 4 rings (SSSR count). The third-order valence-corrected chi connectivity index (χ3v) is 4.67. The normalized spacial score (nSPS) is 32.6. The minimum Gasteiger partial charge on any atom is -0.359 e. The van der Waals surface area contributed by atoms with Crippen molar-refractivity contribution in [3.8, 4) is 0 Å². The van der Waals surface area contributed by atoms with Crippen LogP contribution in [0.5, 0.6) is 0 Å². The molecule has 3 atom stereocenters. The number of nitrogens with zero attached hydrogens (tertiary/aromatic N) is 1. The first-order chi connectivity index (χ1) is 9.80. The predicted molar refractivity (Wildman–Crippen MR) is 79.7 cm³/mol. The quantitative estimate of drug-likeness (QED) is 0.776. The lowest BCUT2D eigenvalue weighted by Gasteiger charge is -2.34. The van der Waals surface area contributed by atoms with E-state index in [1.807, 2.05) is 0 Å². The number of hydrogen-bond donors (Lipinski definition) is 0. The molecule has 0 radical (unpaired) electrons. The Balaban J connectivity index is 1.79. The highest BCUT2D eigenvalue weighted by molar-refractivity contribution is 5.39. The lowest BCUT2D eigenvalue weighted by molar-refractivity contribution is 0.224. The Morgan fingerprint density at radius 2 is 1.60 bits per heavy atom. The zero-order valence-corrected chi connectivity index (χ0v) is 11.7. The Kier molecular flexibility index (Phi) is 2.69. The van der Waals surface area contributed by atoms with Crippen LogP contribution < -0.4 is 0 Å². The lowest BCUT2D eigenvalue weighted by atomic mass is 9.76. The molecule has 0 bridgehead atoms. The average Bonchev–Trinajstić information content (AvgIpc) is 3.23. The minimum atomic E-state index is -0.102. The van der Waals surface area contributed by atoms with Crippen molar-refractivity contribution in [1.82, 2.24) is 4.90 Å². The van der Waals surface area contributed by atoms with Gasteiger partial charge in [0.25, 0.3) is 0 Å². The van der Waals surface area contributed by atoms with E-state index in [1.54, 1.807) is 0 Å². The van der Waals surface area contributed by atoms with Gasteiger partial charge in [-0.05, 0) is 18.2 Å². The maximum atomic E-state index is 6.25. The van der Waals surface area contributed by atoms with Crippen LogP contribution >= 0.6 is 0 Å². The zero-order valence-electron chi connectivity index (χ0n) is 11.7. The molecule has 2 heteroatoms. The lowest BCUT2D eigenvalue weighted by Crippen LogP contribution is -2.42. The summed E-state index contributed by atoms with van der Waals surface area (Å²) in [6.45, 7) is 2.08. The molecule has 0 saturated carbocycles. The summed E-state index contributed by atoms with van der Waals surface area (Å²) >= 11 is 0. The third-order valence-electron chi connectivity index (χ3n) is 4.67. The van der Waals surface area contributed by atoms with Crippen molar-refractivity contribution in [2.45, 2.75) is 17.6 Å². The highest BCUT2D eigenvalue weighted by atomic mass is 16.6. The van der Waals surface area contributed by atoms with Gasteiger partial charge < -0.3 is 9.64 Å². The number of hydrogen-bond acceptors (Lipinski definition) is 2. The van der Waals surface area contributed by atoms with Crippen molar-refractivity contribution in [1.29, 1.82) is 0 Å². The minimum absolute atomic E-state index is 0.102. The van der Waals surface area contributed by atoms with Gasteiger partial charge in [-0.3, -0.25) is 0 Å². The van der Waals surface area contributed by atoms with E-state index in [0.717, 1.165) is 13.1 Å². The van der Waals surface area contributed by atoms with Crippen LogP contribution in [0.4, 0.5) is 0 Å². The van der Waals surface area contributed by atoms with Crippen LogP contribution in [0.15, 0.2) is 60.7 Å². The fourth-order valence-electron chi connectivity index (χ4n) is 3.68. The van der Waals surface area contributed by atoms with E-state index < -0.39 is 0 Å². The SMILES string of the molecule is CN1C[C@H]2O[C@]2(c2ccccc2)[C@H](c2ccccc2)C1. The van der Waals surface area contributed by atoms with Crippen LogP contribution in [0.1, 0.15) is 17.0 Å². The van der Waals surface area contributed by atoms with Crippen LogP contribution in [-0.2, 0) is 10.3 Å². The fourth-order valence-corrected chi connectivity index (χ4v) is 3.68. The summed E-state index contributed by atoms with van der Waals surface area (Å²) in [4.78, 5) is 2.39. The van der Waals surface area contributed by atoms with Crippen molar-refractivity contribution >= 4 is 0 Å². The molecule has 2 fully saturated rings. The first kappa shape index (κ1) is 12.1. The number of rotatable bonds is 2. The molecule has 2 aromatic carbocycles. The van der Waals surface area contributed by atoms with E-state index >= 15 is 0 Å². The largest absolute Gasteiger partial charge is 0.359 e. The fraction of sp³-hybridized carbons (Fsp3) is 0.333. The molecule has 2 aliphatic rings. The van der Waals surface area contributed by atoms with E-state index in [9.17, 15) is 0 Å². The summed E-state index contributed by atoms with van der Waals surface area (Å²) in [5.74, 6) is 0.412. The highest BCUT2D eigenvalue weighted by Gasteiger charge is 2.65. The van der Waals surface area contributed by atoms with Crippen LogP contribution in [-0.4, -0.2) is 31.1 Å². The maximum absolute atomic E-state index is 6.25. The molecule has 2 aromatic rings. The summed E-state index contributed by atoms with van der Waals surface area (Å²) in [5, 5.41) is 0. The van der Waals surface area contributed by atoms with Crippen LogP contribution in [0.3, 0.4) is 0 Å². The number of epoxide rings is 1. The second-order valence-electron chi connectivity index (χ2n) is 5.95. The first-order valence-electron chi connectivity index (χ1n) is 7.27. The Morgan fingerprint density at radius 1 is 0.950 bits per heavy atom. The molecule has 102 valence electrons. The topological polar surface area (TPSA) is 15.8 Å². The Bertz CT molecular complexity index is 597. The van der Waals surface area contributed by atoms with Crippen molar-refractivity contribution in [2.75, 3.05) is 20.1 Å². The number of piperidine rings is 1. The Hall–Kier alpha value is -1.64. The van der Waals surface area contributed by atoms with Gasteiger partial charge in [0.05, 0.1) is 0 Å². The van der Waals surface area contributed by atoms with Gasteiger partial charge in [0.1, 0.15) is 11.7 Å². The number of likely N-dealkylation sites (N-methyl/N-ethyl adjacent to an activating group) is 1. The highest BCUT2D eigenvalue weighted by Crippen LogP contribution is 2.58. The summed E-state index contributed by atoms with van der Waals surface area (Å²) in [6.07, 6.45) is 0.328. The second kappa shape index (κ2) is 4.44. The van der Waals surface area contributed by atoms with Gasteiger partial charge in [0, 0.05) is 19.0 Å². The Labute approximate surface area is 120 Å². The van der Waals surface area contributed by atoms with Crippen molar-refractivity contribution in [2.24, 2.45) is 0 Å². The summed E-state index contributed by atoms with van der Waals surface area (Å²) in [6, 6.07) is 21.5. The molecular formula is C18H19NO. The maximum Gasteiger partial charge on any atom is 0.129 e. The van der Waals surface area contributed by atoms with E-state index in [0.29, 0.717) is 12.0 Å². The molecule has 0 N–H and O–H groups in total. The molecule has 2 saturated heterocycles. The molecule has 0 amide bonds. The molecule has 2 aliphatic heterocycles. The zero-order chi connectivity index (χ0) is 13.6. The number of ether oxygens (including phenoxy) is 1. The second-order valence-corrected chi connectivity index (χ2v) is 5.95. The molecule has 2 heterocycles. The molecule has 0 aliphatic carbocycles. The van der Waals surface area contributed by atoms with Gasteiger partial charge in [0.15, 0.2) is 0 Å². The monoisotopic (exact) mass is 265 g/mol. The summed E-state index contributed by atoms with van der Waals surface area (Å²) in [7, 11) is 2.19. The van der Waals surface area contributed by atoms with Gasteiger partial charge >= 0.3 is 0 Å². The third kappa shape index (κ3) is 1.72. The van der Waals surface area contributed by atoms with E-state index in [-0.39, 0.29) is 5.60 Å². The molecule has 2 nitrogen and oxygen atoms in total. The van der Waals surface area contributed by atoms with Crippen molar-refractivity contribution in [3.63, 3.8) is 0 Å². The van der Waals surface area contributed by atoms with Gasteiger partial charge in [-0.2, -0.15) is 0 Å². The molecule has 0 spiro atoms. The predicted octanol–water partition coefficient (Wildman–Crippen LogP) is 3.01. The summed E-state index contributed by atoms with van der Waals surface area (Å²) < 4.78 is 6.25. The van der Waals surface area contributed by atoms with Crippen LogP contribution in [0.25, 0.3) is 0 Å².